The zero-order chi connectivity index (χ0) is 24.4. The first kappa shape index (κ1) is 23.0. The van der Waals surface area contributed by atoms with Gasteiger partial charge in [-0.3, -0.25) is 0 Å². The van der Waals surface area contributed by atoms with Crippen LogP contribution in [0.4, 0.5) is 20.4 Å². The summed E-state index contributed by atoms with van der Waals surface area (Å²) in [5.41, 5.74) is 1.39. The molecule has 1 N–H and O–H groups in total. The highest BCUT2D eigenvalue weighted by Crippen LogP contribution is 2.34. The number of nitrogens with one attached hydrogen (secondary N) is 1. The Morgan fingerprint density at radius 3 is 2.74 bits per heavy atom. The molecule has 0 radical (unpaired) electrons. The molecule has 1 aromatic carbocycles. The highest BCUT2D eigenvalue weighted by molar-refractivity contribution is 6.33. The molecular weight excluding hydrogens is 476 g/mol. The molecule has 11 nitrogen and oxygen atoms in total. The summed E-state index contributed by atoms with van der Waals surface area (Å²) in [4.78, 5) is 22.7. The third-order valence-corrected chi connectivity index (χ3v) is 4.99. The Hall–Kier alpha value is -4.13. The van der Waals surface area contributed by atoms with Crippen LogP contribution in [0.1, 0.15) is 17.1 Å². The molecule has 14 heteroatoms. The van der Waals surface area contributed by atoms with Gasteiger partial charge >= 0.3 is 12.4 Å². The summed E-state index contributed by atoms with van der Waals surface area (Å²) in [6.07, 6.45) is 1.05. The van der Waals surface area contributed by atoms with Gasteiger partial charge in [0, 0.05) is 18.7 Å². The number of anilines is 1. The van der Waals surface area contributed by atoms with Gasteiger partial charge in [-0.1, -0.05) is 22.2 Å². The number of benzene rings is 1. The Bertz CT molecular complexity index is 1380. The molecule has 0 spiro atoms. The molecule has 0 aliphatic heterocycles. The zero-order valence-corrected chi connectivity index (χ0v) is 18.5. The fourth-order valence-corrected chi connectivity index (χ4v) is 3.22. The van der Waals surface area contributed by atoms with Crippen LogP contribution in [0, 0.1) is 24.0 Å². The topological polar surface area (TPSA) is 130 Å². The maximum absolute atomic E-state index is 13.0. The number of hydrogen-bond donors (Lipinski definition) is 1. The number of nitro groups is 1. The highest BCUT2D eigenvalue weighted by atomic mass is 35.5. The van der Waals surface area contributed by atoms with Crippen LogP contribution in [0.5, 0.6) is 17.4 Å². The summed E-state index contributed by atoms with van der Waals surface area (Å²) in [5.74, 6) is 0.153. The van der Waals surface area contributed by atoms with Gasteiger partial charge < -0.3 is 24.9 Å². The van der Waals surface area contributed by atoms with Gasteiger partial charge in [-0.15, -0.1) is 0 Å². The molecule has 0 bridgehead atoms. The third-order valence-electron chi connectivity index (χ3n) is 4.53. The van der Waals surface area contributed by atoms with E-state index in [-0.39, 0.29) is 35.4 Å². The van der Waals surface area contributed by atoms with Crippen molar-refractivity contribution in [1.29, 1.82) is 0 Å². The minimum absolute atomic E-state index is 0.0644. The molecular formula is C20H16ClF2N7O4. The molecule has 4 aromatic rings. The first-order chi connectivity index (χ1) is 16.2. The second-order valence-corrected chi connectivity index (χ2v) is 7.33. The average molecular weight is 492 g/mol. The van der Waals surface area contributed by atoms with Crippen LogP contribution in [-0.4, -0.2) is 36.1 Å². The van der Waals surface area contributed by atoms with Gasteiger partial charge in [0.05, 0.1) is 5.69 Å². The van der Waals surface area contributed by atoms with Gasteiger partial charge in [0.25, 0.3) is 5.88 Å². The van der Waals surface area contributed by atoms with E-state index in [1.54, 1.807) is 19.9 Å². The first-order valence-electron chi connectivity index (χ1n) is 9.70. The van der Waals surface area contributed by atoms with Crippen molar-refractivity contribution < 1.29 is 23.2 Å². The van der Waals surface area contributed by atoms with Crippen LogP contribution in [0.25, 0.3) is 5.65 Å². The van der Waals surface area contributed by atoms with E-state index in [1.807, 2.05) is 0 Å². The fourth-order valence-electron chi connectivity index (χ4n) is 3.07. The van der Waals surface area contributed by atoms with E-state index in [2.05, 4.69) is 30.1 Å². The molecule has 0 saturated heterocycles. The lowest BCUT2D eigenvalue weighted by molar-refractivity contribution is -0.391. The number of fused-ring (bicyclic) bond motifs is 1. The van der Waals surface area contributed by atoms with Gasteiger partial charge in [0.2, 0.25) is 5.65 Å². The van der Waals surface area contributed by atoms with Gasteiger partial charge in [0.1, 0.15) is 22.9 Å². The van der Waals surface area contributed by atoms with E-state index >= 15 is 0 Å². The lowest BCUT2D eigenvalue weighted by Gasteiger charge is -2.14. The second-order valence-electron chi connectivity index (χ2n) is 6.95. The summed E-state index contributed by atoms with van der Waals surface area (Å²) < 4.78 is 37.3. The number of rotatable bonds is 8. The summed E-state index contributed by atoms with van der Waals surface area (Å²) in [7, 11) is 0. The quantitative estimate of drug-likeness (QED) is 0.275. The minimum Gasteiger partial charge on any atom is -0.432 e. The Labute approximate surface area is 195 Å². The van der Waals surface area contributed by atoms with Crippen molar-refractivity contribution in [2.75, 3.05) is 5.32 Å². The highest BCUT2D eigenvalue weighted by Gasteiger charge is 2.19. The maximum Gasteiger partial charge on any atom is 0.387 e. The van der Waals surface area contributed by atoms with E-state index < -0.39 is 11.5 Å². The molecule has 4 rings (SSSR count). The third kappa shape index (κ3) is 4.93. The number of aryl methyl sites for hydroxylation is 2. The van der Waals surface area contributed by atoms with Crippen molar-refractivity contribution >= 4 is 28.9 Å². The predicted molar refractivity (Wildman–Crippen MR) is 117 cm³/mol. The number of ether oxygens (including phenoxy) is 2. The molecule has 0 unspecified atom stereocenters. The van der Waals surface area contributed by atoms with Crippen molar-refractivity contribution in [3.8, 4) is 17.4 Å². The smallest absolute Gasteiger partial charge is 0.387 e. The van der Waals surface area contributed by atoms with Crippen LogP contribution in [0.3, 0.4) is 0 Å². The van der Waals surface area contributed by atoms with Gasteiger partial charge in [-0.25, -0.2) is 15.0 Å². The molecule has 3 heterocycles. The number of nitrogens with zero attached hydrogens (tertiary/aromatic N) is 6. The van der Waals surface area contributed by atoms with Crippen LogP contribution in [0.15, 0.2) is 36.5 Å². The van der Waals surface area contributed by atoms with E-state index in [1.165, 1.54) is 24.3 Å². The molecule has 0 saturated carbocycles. The molecule has 3 aromatic heterocycles. The fraction of sp³-hybridized carbons (Fsp3) is 0.200. The Morgan fingerprint density at radius 2 is 2.00 bits per heavy atom. The Morgan fingerprint density at radius 1 is 1.21 bits per heavy atom. The van der Waals surface area contributed by atoms with E-state index in [9.17, 15) is 18.9 Å². The molecule has 0 fully saturated rings. The second kappa shape index (κ2) is 9.39. The van der Waals surface area contributed by atoms with Crippen LogP contribution >= 0.6 is 11.6 Å². The van der Waals surface area contributed by atoms with Crippen molar-refractivity contribution in [2.45, 2.75) is 27.0 Å². The Kier molecular flexibility index (Phi) is 6.36. The van der Waals surface area contributed by atoms with Crippen molar-refractivity contribution in [3.05, 3.63) is 68.7 Å². The van der Waals surface area contributed by atoms with E-state index in [4.69, 9.17) is 16.3 Å². The molecule has 0 aliphatic rings. The molecule has 0 aliphatic carbocycles. The zero-order valence-electron chi connectivity index (χ0n) is 17.7. The summed E-state index contributed by atoms with van der Waals surface area (Å²) >= 11 is 6.22. The number of aromatic nitrogens is 5. The number of hydrogen-bond acceptors (Lipinski definition) is 9. The molecule has 34 heavy (non-hydrogen) atoms. The summed E-state index contributed by atoms with van der Waals surface area (Å²) in [5, 5.41) is 18.5. The number of imidazole rings is 1. The monoisotopic (exact) mass is 491 g/mol. The molecule has 0 amide bonds. The number of halogens is 3. The van der Waals surface area contributed by atoms with Crippen LogP contribution in [-0.2, 0) is 6.54 Å². The van der Waals surface area contributed by atoms with Gasteiger partial charge in [-0.2, -0.15) is 8.78 Å². The van der Waals surface area contributed by atoms with E-state index in [0.29, 0.717) is 27.9 Å². The largest absolute Gasteiger partial charge is 0.432 e. The standard InChI is InChI=1S/C20H16ClF2N7O4/c1-10-18(21)19(27-11(2)26-10)25-8-12-3-4-13(14(7-12)34-20(22)23)33-16-6-5-15-24-9-17(30(31)32)29(15)28-16/h3-7,9,20H,8H2,1-2H3,(H,25,26,27). The number of alkyl halides is 2. The molecule has 0 atom stereocenters. The van der Waals surface area contributed by atoms with Crippen molar-refractivity contribution in [3.63, 3.8) is 0 Å². The summed E-state index contributed by atoms with van der Waals surface area (Å²) in [6.45, 7) is 0.546. The minimum atomic E-state index is -3.11. The average Bonchev–Trinajstić information content (AvgIpc) is 3.20. The lowest BCUT2D eigenvalue weighted by Crippen LogP contribution is -2.07. The van der Waals surface area contributed by atoms with Gasteiger partial charge in [0.15, 0.2) is 11.5 Å². The van der Waals surface area contributed by atoms with Gasteiger partial charge in [-0.05, 0) is 41.6 Å². The predicted octanol–water partition coefficient (Wildman–Crippen LogP) is 4.70. The molecule has 176 valence electrons. The maximum atomic E-state index is 13.0. The van der Waals surface area contributed by atoms with Crippen molar-refractivity contribution in [1.82, 2.24) is 24.6 Å². The van der Waals surface area contributed by atoms with Crippen LogP contribution in [0.2, 0.25) is 5.02 Å². The SMILES string of the molecule is Cc1nc(C)c(Cl)c(NCc2ccc(Oc3ccc4ncc([N+](=O)[O-])n4n3)c(OC(F)F)c2)n1. The lowest BCUT2D eigenvalue weighted by atomic mass is 10.2. The summed E-state index contributed by atoms with van der Waals surface area (Å²) in [6, 6.07) is 7.24. The van der Waals surface area contributed by atoms with E-state index in [0.717, 1.165) is 10.7 Å². The Balaban J connectivity index is 1.59. The van der Waals surface area contributed by atoms with Crippen molar-refractivity contribution in [2.24, 2.45) is 0 Å². The first-order valence-corrected chi connectivity index (χ1v) is 10.1. The van der Waals surface area contributed by atoms with Crippen LogP contribution < -0.4 is 14.8 Å². The normalized spacial score (nSPS) is 11.1.